The Hall–Kier alpha value is -2.37. The predicted molar refractivity (Wildman–Crippen MR) is 77.9 cm³/mol. The van der Waals surface area contributed by atoms with Crippen LogP contribution in [0, 0.1) is 0 Å². The summed E-state index contributed by atoms with van der Waals surface area (Å²) in [6.45, 7) is 1.21. The summed E-state index contributed by atoms with van der Waals surface area (Å²) in [7, 11) is 1.33. The van der Waals surface area contributed by atoms with Crippen LogP contribution in [0.25, 0.3) is 0 Å². The van der Waals surface area contributed by atoms with Crippen LogP contribution in [-0.4, -0.2) is 53.8 Å². The molecule has 1 aromatic carbocycles. The molecule has 3 rings (SSSR count). The van der Waals surface area contributed by atoms with Crippen molar-refractivity contribution in [1.82, 2.24) is 9.80 Å². The summed E-state index contributed by atoms with van der Waals surface area (Å²) in [6, 6.07) is 6.62. The molecule has 2 amide bonds. The standard InChI is InChI=1S/C16H18N2O4/c1-22-16(21)12-6-4-11(5-7-12)9-17-10-14(19)18-8-2-3-13(18)15(17)20/h4-7,13H,2-3,8-10H2,1H3/t13-/m0/s1. The first-order chi connectivity index (χ1) is 10.6. The molecule has 6 nitrogen and oxygen atoms in total. The van der Waals surface area contributed by atoms with E-state index in [4.69, 9.17) is 0 Å². The number of nitrogens with zero attached hydrogens (tertiary/aromatic N) is 2. The van der Waals surface area contributed by atoms with Crippen molar-refractivity contribution in [3.63, 3.8) is 0 Å². The van der Waals surface area contributed by atoms with Crippen molar-refractivity contribution >= 4 is 17.8 Å². The van der Waals surface area contributed by atoms with Crippen LogP contribution in [0.1, 0.15) is 28.8 Å². The second-order valence-electron chi connectivity index (χ2n) is 5.63. The quantitative estimate of drug-likeness (QED) is 0.775. The zero-order chi connectivity index (χ0) is 15.7. The molecule has 0 saturated carbocycles. The number of ether oxygens (including phenoxy) is 1. The maximum absolute atomic E-state index is 12.4. The third-order valence-electron chi connectivity index (χ3n) is 4.24. The molecule has 0 spiro atoms. The van der Waals surface area contributed by atoms with Gasteiger partial charge in [0.15, 0.2) is 0 Å². The number of carbonyl (C=O) groups excluding carboxylic acids is 3. The molecule has 116 valence electrons. The zero-order valence-corrected chi connectivity index (χ0v) is 12.4. The highest BCUT2D eigenvalue weighted by molar-refractivity contribution is 5.95. The van der Waals surface area contributed by atoms with Crippen molar-refractivity contribution in [2.24, 2.45) is 0 Å². The Morgan fingerprint density at radius 2 is 2.00 bits per heavy atom. The lowest BCUT2D eigenvalue weighted by molar-refractivity contribution is -0.154. The molecule has 1 atom stereocenters. The summed E-state index contributed by atoms with van der Waals surface area (Å²) in [4.78, 5) is 39.2. The van der Waals surface area contributed by atoms with Crippen LogP contribution in [-0.2, 0) is 20.9 Å². The second-order valence-corrected chi connectivity index (χ2v) is 5.63. The molecule has 22 heavy (non-hydrogen) atoms. The summed E-state index contributed by atoms with van der Waals surface area (Å²) >= 11 is 0. The first-order valence-corrected chi connectivity index (χ1v) is 7.35. The fraction of sp³-hybridized carbons (Fsp3) is 0.438. The highest BCUT2D eigenvalue weighted by atomic mass is 16.5. The maximum Gasteiger partial charge on any atom is 0.337 e. The van der Waals surface area contributed by atoms with Crippen LogP contribution in [0.5, 0.6) is 0 Å². The third kappa shape index (κ3) is 2.56. The van der Waals surface area contributed by atoms with Gasteiger partial charge in [-0.05, 0) is 30.5 Å². The van der Waals surface area contributed by atoms with E-state index in [1.807, 2.05) is 0 Å². The highest BCUT2D eigenvalue weighted by Crippen LogP contribution is 2.24. The Morgan fingerprint density at radius 1 is 1.27 bits per heavy atom. The third-order valence-corrected chi connectivity index (χ3v) is 4.24. The van der Waals surface area contributed by atoms with E-state index >= 15 is 0 Å². The lowest BCUT2D eigenvalue weighted by atomic mass is 10.1. The molecular formula is C16H18N2O4. The lowest BCUT2D eigenvalue weighted by Crippen LogP contribution is -2.56. The van der Waals surface area contributed by atoms with Gasteiger partial charge in [0.1, 0.15) is 12.6 Å². The molecule has 2 aliphatic rings. The number of rotatable bonds is 3. The largest absolute Gasteiger partial charge is 0.465 e. The Balaban J connectivity index is 1.71. The summed E-state index contributed by atoms with van der Waals surface area (Å²) in [5.74, 6) is -0.347. The van der Waals surface area contributed by atoms with E-state index in [-0.39, 0.29) is 24.4 Å². The maximum atomic E-state index is 12.4. The summed E-state index contributed by atoms with van der Waals surface area (Å²) < 4.78 is 4.65. The van der Waals surface area contributed by atoms with E-state index in [2.05, 4.69) is 4.74 Å². The summed E-state index contributed by atoms with van der Waals surface area (Å²) in [5, 5.41) is 0. The number of hydrogen-bond donors (Lipinski definition) is 0. The Bertz CT molecular complexity index is 611. The van der Waals surface area contributed by atoms with Gasteiger partial charge in [-0.15, -0.1) is 0 Å². The van der Waals surface area contributed by atoms with Crippen molar-refractivity contribution < 1.29 is 19.1 Å². The highest BCUT2D eigenvalue weighted by Gasteiger charge is 2.41. The zero-order valence-electron chi connectivity index (χ0n) is 12.4. The number of amides is 2. The van der Waals surface area contributed by atoms with Crippen molar-refractivity contribution in [3.05, 3.63) is 35.4 Å². The fourth-order valence-electron chi connectivity index (χ4n) is 3.08. The molecule has 0 N–H and O–H groups in total. The fourth-order valence-corrected chi connectivity index (χ4v) is 3.08. The first kappa shape index (κ1) is 14.6. The van der Waals surface area contributed by atoms with E-state index in [9.17, 15) is 14.4 Å². The van der Waals surface area contributed by atoms with Gasteiger partial charge in [0.25, 0.3) is 0 Å². The number of piperazine rings is 1. The van der Waals surface area contributed by atoms with Gasteiger partial charge in [-0.3, -0.25) is 9.59 Å². The van der Waals surface area contributed by atoms with E-state index < -0.39 is 5.97 Å². The molecular weight excluding hydrogens is 284 g/mol. The van der Waals surface area contributed by atoms with E-state index in [1.54, 1.807) is 34.1 Å². The van der Waals surface area contributed by atoms with E-state index in [0.29, 0.717) is 18.7 Å². The number of fused-ring (bicyclic) bond motifs is 1. The molecule has 2 saturated heterocycles. The van der Waals surface area contributed by atoms with Crippen LogP contribution in [0.3, 0.4) is 0 Å². The van der Waals surface area contributed by atoms with Gasteiger partial charge in [-0.1, -0.05) is 12.1 Å². The van der Waals surface area contributed by atoms with Crippen LogP contribution < -0.4 is 0 Å². The smallest absolute Gasteiger partial charge is 0.337 e. The van der Waals surface area contributed by atoms with Gasteiger partial charge in [0.05, 0.1) is 12.7 Å². The Labute approximate surface area is 128 Å². The monoisotopic (exact) mass is 302 g/mol. The molecule has 0 aliphatic carbocycles. The number of esters is 1. The molecule has 0 radical (unpaired) electrons. The number of benzene rings is 1. The molecule has 6 heteroatoms. The molecule has 2 heterocycles. The molecule has 0 bridgehead atoms. The molecule has 1 aromatic rings. The van der Waals surface area contributed by atoms with Gasteiger partial charge in [0, 0.05) is 13.1 Å². The van der Waals surface area contributed by atoms with Crippen LogP contribution in [0.4, 0.5) is 0 Å². The van der Waals surface area contributed by atoms with Gasteiger partial charge in [-0.25, -0.2) is 4.79 Å². The minimum atomic E-state index is -0.391. The molecule has 2 aliphatic heterocycles. The normalized spacial score (nSPS) is 21.0. The van der Waals surface area contributed by atoms with Crippen LogP contribution >= 0.6 is 0 Å². The average Bonchev–Trinajstić information content (AvgIpc) is 3.03. The van der Waals surface area contributed by atoms with Gasteiger partial charge in [-0.2, -0.15) is 0 Å². The van der Waals surface area contributed by atoms with Crippen molar-refractivity contribution in [1.29, 1.82) is 0 Å². The van der Waals surface area contributed by atoms with Crippen LogP contribution in [0.15, 0.2) is 24.3 Å². The summed E-state index contributed by atoms with van der Waals surface area (Å²) in [5.41, 5.74) is 1.36. The van der Waals surface area contributed by atoms with Crippen molar-refractivity contribution in [2.75, 3.05) is 20.2 Å². The number of carbonyl (C=O) groups is 3. The molecule has 0 unspecified atom stereocenters. The van der Waals surface area contributed by atoms with Gasteiger partial charge in [0.2, 0.25) is 11.8 Å². The molecule has 0 aromatic heterocycles. The second kappa shape index (κ2) is 5.79. The SMILES string of the molecule is COC(=O)c1ccc(CN2CC(=O)N3CCC[C@H]3C2=O)cc1. The van der Waals surface area contributed by atoms with Crippen molar-refractivity contribution in [2.45, 2.75) is 25.4 Å². The number of hydrogen-bond acceptors (Lipinski definition) is 4. The minimum absolute atomic E-state index is 0.0216. The van der Waals surface area contributed by atoms with Gasteiger partial charge < -0.3 is 14.5 Å². The predicted octanol–water partition coefficient (Wildman–Crippen LogP) is 0.806. The van der Waals surface area contributed by atoms with Crippen LogP contribution in [0.2, 0.25) is 0 Å². The Kier molecular flexibility index (Phi) is 3.83. The number of methoxy groups -OCH3 is 1. The minimum Gasteiger partial charge on any atom is -0.465 e. The topological polar surface area (TPSA) is 66.9 Å². The molecule has 2 fully saturated rings. The average molecular weight is 302 g/mol. The van der Waals surface area contributed by atoms with E-state index in [1.165, 1.54) is 7.11 Å². The van der Waals surface area contributed by atoms with Crippen molar-refractivity contribution in [3.8, 4) is 0 Å². The lowest BCUT2D eigenvalue weighted by Gasteiger charge is -2.36. The van der Waals surface area contributed by atoms with E-state index in [0.717, 1.165) is 18.4 Å². The Morgan fingerprint density at radius 3 is 2.68 bits per heavy atom. The first-order valence-electron chi connectivity index (χ1n) is 7.35. The summed E-state index contributed by atoms with van der Waals surface area (Å²) in [6.07, 6.45) is 1.65. The van der Waals surface area contributed by atoms with Gasteiger partial charge >= 0.3 is 5.97 Å².